The molecule has 1 rings (SSSR count). The number of hydrogen-bond acceptors (Lipinski definition) is 2. The summed E-state index contributed by atoms with van der Waals surface area (Å²) in [6, 6.07) is 4.17. The molecule has 0 atom stereocenters. The van der Waals surface area contributed by atoms with Crippen LogP contribution in [-0.4, -0.2) is 10.7 Å². The molecule has 0 aromatic carbocycles. The lowest BCUT2D eigenvalue weighted by molar-refractivity contribution is 0.481. The standard InChI is InChI=1S/C15H23NS/c1-12(2)13-7-6-9-16-14(13)8-10-17-11-15(3,4)5/h6-10,12H,11H2,1-5H3/b10-8+. The predicted octanol–water partition coefficient (Wildman–Crippen LogP) is 4.96. The third-order valence-electron chi connectivity index (χ3n) is 2.33. The van der Waals surface area contributed by atoms with Gasteiger partial charge in [0.25, 0.3) is 0 Å². The molecule has 0 saturated carbocycles. The van der Waals surface area contributed by atoms with Crippen molar-refractivity contribution in [2.75, 3.05) is 5.75 Å². The highest BCUT2D eigenvalue weighted by atomic mass is 32.2. The summed E-state index contributed by atoms with van der Waals surface area (Å²) in [5.41, 5.74) is 2.80. The average Bonchev–Trinajstić information content (AvgIpc) is 2.23. The third-order valence-corrected chi connectivity index (χ3v) is 3.69. The largest absolute Gasteiger partial charge is 0.257 e. The molecule has 1 aromatic heterocycles. The molecule has 1 nitrogen and oxygen atoms in total. The Bertz CT molecular complexity index is 375. The van der Waals surface area contributed by atoms with Gasteiger partial charge in [0, 0.05) is 11.9 Å². The van der Waals surface area contributed by atoms with Crippen LogP contribution in [0.25, 0.3) is 6.08 Å². The number of thioether (sulfide) groups is 1. The summed E-state index contributed by atoms with van der Waals surface area (Å²) in [6.07, 6.45) is 3.99. The van der Waals surface area contributed by atoms with Crippen molar-refractivity contribution in [2.24, 2.45) is 5.41 Å². The number of nitrogens with zero attached hydrogens (tertiary/aromatic N) is 1. The molecule has 0 aliphatic rings. The van der Waals surface area contributed by atoms with Crippen molar-refractivity contribution in [3.63, 3.8) is 0 Å². The fraction of sp³-hybridized carbons (Fsp3) is 0.533. The molecule has 0 spiro atoms. The van der Waals surface area contributed by atoms with E-state index in [4.69, 9.17) is 0 Å². The van der Waals surface area contributed by atoms with Gasteiger partial charge in [-0.3, -0.25) is 4.98 Å². The van der Waals surface area contributed by atoms with Crippen molar-refractivity contribution < 1.29 is 0 Å². The topological polar surface area (TPSA) is 12.9 Å². The van der Waals surface area contributed by atoms with Gasteiger partial charge >= 0.3 is 0 Å². The molecular formula is C15H23NS. The van der Waals surface area contributed by atoms with E-state index in [1.54, 1.807) is 0 Å². The van der Waals surface area contributed by atoms with Crippen LogP contribution >= 0.6 is 11.8 Å². The molecule has 17 heavy (non-hydrogen) atoms. The Kier molecular flexibility index (Phi) is 5.26. The summed E-state index contributed by atoms with van der Waals surface area (Å²) in [4.78, 5) is 4.43. The van der Waals surface area contributed by atoms with Crippen LogP contribution in [0.1, 0.15) is 51.8 Å². The maximum atomic E-state index is 4.43. The molecule has 0 radical (unpaired) electrons. The van der Waals surface area contributed by atoms with Crippen molar-refractivity contribution >= 4 is 17.8 Å². The molecule has 0 unspecified atom stereocenters. The van der Waals surface area contributed by atoms with E-state index in [0.717, 1.165) is 11.4 Å². The first kappa shape index (κ1) is 14.3. The van der Waals surface area contributed by atoms with Crippen LogP contribution in [0.3, 0.4) is 0 Å². The summed E-state index contributed by atoms with van der Waals surface area (Å²) in [6.45, 7) is 11.2. The van der Waals surface area contributed by atoms with Crippen LogP contribution in [0.2, 0.25) is 0 Å². The predicted molar refractivity (Wildman–Crippen MR) is 79.3 cm³/mol. The molecule has 0 fully saturated rings. The smallest absolute Gasteiger partial charge is 0.0669 e. The van der Waals surface area contributed by atoms with Gasteiger partial charge < -0.3 is 0 Å². The Balaban J connectivity index is 2.65. The maximum absolute atomic E-state index is 4.43. The first-order valence-corrected chi connectivity index (χ1v) is 7.18. The lowest BCUT2D eigenvalue weighted by Gasteiger charge is -2.15. The van der Waals surface area contributed by atoms with Gasteiger partial charge in [0.1, 0.15) is 0 Å². The lowest BCUT2D eigenvalue weighted by Crippen LogP contribution is -2.07. The maximum Gasteiger partial charge on any atom is 0.0669 e. The SMILES string of the molecule is CC(C)c1cccnc1/C=C/SCC(C)(C)C. The molecule has 0 bridgehead atoms. The van der Waals surface area contributed by atoms with E-state index < -0.39 is 0 Å². The first-order chi connectivity index (χ1) is 7.90. The zero-order valence-corrected chi connectivity index (χ0v) is 12.3. The van der Waals surface area contributed by atoms with Crippen LogP contribution in [0.4, 0.5) is 0 Å². The highest BCUT2D eigenvalue weighted by Crippen LogP contribution is 2.23. The average molecular weight is 249 g/mol. The summed E-state index contributed by atoms with van der Waals surface area (Å²) >= 11 is 1.85. The van der Waals surface area contributed by atoms with Crippen molar-refractivity contribution in [1.29, 1.82) is 0 Å². The van der Waals surface area contributed by atoms with Gasteiger partial charge in [0.15, 0.2) is 0 Å². The van der Waals surface area contributed by atoms with E-state index >= 15 is 0 Å². The van der Waals surface area contributed by atoms with Crippen LogP contribution < -0.4 is 0 Å². The number of rotatable bonds is 4. The minimum atomic E-state index is 0.375. The summed E-state index contributed by atoms with van der Waals surface area (Å²) in [5, 5.41) is 2.17. The van der Waals surface area contributed by atoms with E-state index in [-0.39, 0.29) is 0 Å². The molecule has 0 aliphatic carbocycles. The van der Waals surface area contributed by atoms with Crippen LogP contribution in [0.5, 0.6) is 0 Å². The molecule has 2 heteroatoms. The summed E-state index contributed by atoms with van der Waals surface area (Å²) in [7, 11) is 0. The Labute approximate surface area is 110 Å². The van der Waals surface area contributed by atoms with Crippen LogP contribution in [0.15, 0.2) is 23.7 Å². The summed E-state index contributed by atoms with van der Waals surface area (Å²) in [5.74, 6) is 1.66. The highest BCUT2D eigenvalue weighted by molar-refractivity contribution is 8.02. The van der Waals surface area contributed by atoms with Crippen LogP contribution in [-0.2, 0) is 0 Å². The lowest BCUT2D eigenvalue weighted by atomic mass is 10.0. The van der Waals surface area contributed by atoms with Crippen molar-refractivity contribution in [1.82, 2.24) is 4.98 Å². The Hall–Kier alpha value is -0.760. The molecule has 0 saturated heterocycles. The fourth-order valence-electron chi connectivity index (χ4n) is 1.47. The van der Waals surface area contributed by atoms with Crippen LogP contribution in [0, 0.1) is 5.41 Å². The second kappa shape index (κ2) is 6.25. The van der Waals surface area contributed by atoms with Gasteiger partial charge in [0.2, 0.25) is 0 Å². The Morgan fingerprint density at radius 3 is 2.65 bits per heavy atom. The molecule has 0 amide bonds. The van der Waals surface area contributed by atoms with Gasteiger partial charge in [-0.2, -0.15) is 0 Å². The fourth-order valence-corrected chi connectivity index (χ4v) is 2.29. The van der Waals surface area contributed by atoms with E-state index in [1.807, 2.05) is 24.0 Å². The van der Waals surface area contributed by atoms with Gasteiger partial charge in [-0.15, -0.1) is 11.8 Å². The van der Waals surface area contributed by atoms with Crippen molar-refractivity contribution in [2.45, 2.75) is 40.5 Å². The monoisotopic (exact) mass is 249 g/mol. The quantitative estimate of drug-likeness (QED) is 0.748. The molecule has 94 valence electrons. The van der Waals surface area contributed by atoms with Gasteiger partial charge in [-0.25, -0.2) is 0 Å². The number of pyridine rings is 1. The second-order valence-corrected chi connectivity index (χ2v) is 6.70. The van der Waals surface area contributed by atoms with E-state index in [9.17, 15) is 0 Å². The van der Waals surface area contributed by atoms with Crippen molar-refractivity contribution in [3.8, 4) is 0 Å². The number of hydrogen-bond donors (Lipinski definition) is 0. The Morgan fingerprint density at radius 2 is 2.06 bits per heavy atom. The molecular weight excluding hydrogens is 226 g/mol. The third kappa shape index (κ3) is 5.40. The normalized spacial score (nSPS) is 12.6. The van der Waals surface area contributed by atoms with Gasteiger partial charge in [-0.05, 0) is 34.4 Å². The molecule has 1 heterocycles. The summed E-state index contributed by atoms with van der Waals surface area (Å²) < 4.78 is 0. The second-order valence-electron chi connectivity index (χ2n) is 5.81. The zero-order chi connectivity index (χ0) is 12.9. The number of aromatic nitrogens is 1. The van der Waals surface area contributed by atoms with Gasteiger partial charge in [-0.1, -0.05) is 40.7 Å². The minimum absolute atomic E-state index is 0.375. The van der Waals surface area contributed by atoms with Gasteiger partial charge in [0.05, 0.1) is 5.69 Å². The van der Waals surface area contributed by atoms with E-state index in [2.05, 4.69) is 57.2 Å². The molecule has 1 aromatic rings. The zero-order valence-electron chi connectivity index (χ0n) is 11.5. The molecule has 0 N–H and O–H groups in total. The minimum Gasteiger partial charge on any atom is -0.257 e. The highest BCUT2D eigenvalue weighted by Gasteiger charge is 2.08. The van der Waals surface area contributed by atoms with E-state index in [0.29, 0.717) is 11.3 Å². The van der Waals surface area contributed by atoms with Crippen molar-refractivity contribution in [3.05, 3.63) is 35.0 Å². The first-order valence-electron chi connectivity index (χ1n) is 6.13. The molecule has 0 aliphatic heterocycles. The van der Waals surface area contributed by atoms with E-state index in [1.165, 1.54) is 5.56 Å². The Morgan fingerprint density at radius 1 is 1.35 bits per heavy atom.